The lowest BCUT2D eigenvalue weighted by atomic mass is 10.1. The van der Waals surface area contributed by atoms with Crippen LogP contribution in [0.15, 0.2) is 24.3 Å². The lowest BCUT2D eigenvalue weighted by molar-refractivity contribution is -0.137. The Kier molecular flexibility index (Phi) is 3.38. The van der Waals surface area contributed by atoms with Gasteiger partial charge in [-0.2, -0.15) is 0 Å². The number of aryl methyl sites for hydroxylation is 1. The molecule has 0 aliphatic heterocycles. The summed E-state index contributed by atoms with van der Waals surface area (Å²) in [6, 6.07) is 5.63. The first-order valence-corrected chi connectivity index (χ1v) is 5.71. The maximum absolute atomic E-state index is 11.4. The molecule has 3 heteroatoms. The average molecular weight is 230 g/mol. The highest BCUT2D eigenvalue weighted by Gasteiger charge is 2.18. The van der Waals surface area contributed by atoms with Gasteiger partial charge in [-0.25, -0.2) is 4.79 Å². The molecule has 0 amide bonds. The molecule has 0 unspecified atom stereocenters. The fourth-order valence-electron chi connectivity index (χ4n) is 1.93. The van der Waals surface area contributed by atoms with Gasteiger partial charge in [-0.05, 0) is 30.5 Å². The Labute approximate surface area is 100 Å². The molecule has 2 rings (SSSR count). The molecular formula is C14H14O3. The summed E-state index contributed by atoms with van der Waals surface area (Å²) < 4.78 is 4.79. The number of carbonyl (C=O) groups is 2. The number of carbonyl (C=O) groups excluding carboxylic acids is 2. The largest absolute Gasteiger partial charge is 0.463 e. The van der Waals surface area contributed by atoms with Gasteiger partial charge in [0, 0.05) is 18.1 Å². The number of hydrogen-bond donors (Lipinski definition) is 0. The molecule has 0 radical (unpaired) electrons. The van der Waals surface area contributed by atoms with Crippen LogP contribution in [0.4, 0.5) is 0 Å². The molecule has 0 heterocycles. The van der Waals surface area contributed by atoms with E-state index in [2.05, 4.69) is 0 Å². The van der Waals surface area contributed by atoms with Crippen LogP contribution in [-0.4, -0.2) is 18.4 Å². The first-order valence-electron chi connectivity index (χ1n) is 5.71. The molecule has 1 aliphatic carbocycles. The maximum atomic E-state index is 11.4. The van der Waals surface area contributed by atoms with Crippen molar-refractivity contribution in [2.45, 2.75) is 19.8 Å². The van der Waals surface area contributed by atoms with E-state index in [0.29, 0.717) is 13.0 Å². The average Bonchev–Trinajstić information content (AvgIpc) is 2.69. The SMILES string of the molecule is CCOC(=O)/C=C/c1ccc2c(c1)CCC2=O. The molecule has 0 spiro atoms. The molecule has 0 aromatic heterocycles. The first-order chi connectivity index (χ1) is 8.20. The Balaban J connectivity index is 2.14. The minimum Gasteiger partial charge on any atom is -0.463 e. The molecule has 0 N–H and O–H groups in total. The fraction of sp³-hybridized carbons (Fsp3) is 0.286. The smallest absolute Gasteiger partial charge is 0.330 e. The third-order valence-electron chi connectivity index (χ3n) is 2.75. The summed E-state index contributed by atoms with van der Waals surface area (Å²) in [6.07, 6.45) is 4.51. The van der Waals surface area contributed by atoms with Crippen molar-refractivity contribution in [3.63, 3.8) is 0 Å². The molecule has 0 saturated heterocycles. The topological polar surface area (TPSA) is 43.4 Å². The highest BCUT2D eigenvalue weighted by molar-refractivity contribution is 6.00. The zero-order valence-corrected chi connectivity index (χ0v) is 9.73. The summed E-state index contributed by atoms with van der Waals surface area (Å²) in [6.45, 7) is 2.15. The van der Waals surface area contributed by atoms with Crippen LogP contribution in [-0.2, 0) is 16.0 Å². The molecule has 17 heavy (non-hydrogen) atoms. The summed E-state index contributed by atoms with van der Waals surface area (Å²) in [5, 5.41) is 0. The van der Waals surface area contributed by atoms with E-state index in [-0.39, 0.29) is 11.8 Å². The molecule has 0 atom stereocenters. The number of esters is 1. The Morgan fingerprint density at radius 3 is 3.00 bits per heavy atom. The Bertz CT molecular complexity index is 486. The molecule has 0 saturated carbocycles. The second-order valence-corrected chi connectivity index (χ2v) is 3.93. The van der Waals surface area contributed by atoms with E-state index in [0.717, 1.165) is 23.1 Å². The summed E-state index contributed by atoms with van der Waals surface area (Å²) >= 11 is 0. The van der Waals surface area contributed by atoms with Crippen molar-refractivity contribution in [2.24, 2.45) is 0 Å². The van der Waals surface area contributed by atoms with E-state index in [1.165, 1.54) is 6.08 Å². The van der Waals surface area contributed by atoms with Crippen molar-refractivity contribution in [1.82, 2.24) is 0 Å². The molecule has 1 aliphatic rings. The van der Waals surface area contributed by atoms with E-state index in [1.807, 2.05) is 18.2 Å². The Morgan fingerprint density at radius 1 is 1.41 bits per heavy atom. The van der Waals surface area contributed by atoms with Crippen molar-refractivity contribution in [3.05, 3.63) is 41.0 Å². The van der Waals surface area contributed by atoms with E-state index in [1.54, 1.807) is 13.0 Å². The van der Waals surface area contributed by atoms with Gasteiger partial charge in [0.15, 0.2) is 5.78 Å². The monoisotopic (exact) mass is 230 g/mol. The van der Waals surface area contributed by atoms with Crippen LogP contribution in [0.2, 0.25) is 0 Å². The van der Waals surface area contributed by atoms with E-state index < -0.39 is 0 Å². The fourth-order valence-corrected chi connectivity index (χ4v) is 1.93. The van der Waals surface area contributed by atoms with E-state index >= 15 is 0 Å². The van der Waals surface area contributed by atoms with Crippen molar-refractivity contribution >= 4 is 17.8 Å². The number of Topliss-reactive ketones (excluding diaryl/α,β-unsaturated/α-hetero) is 1. The van der Waals surface area contributed by atoms with Crippen LogP contribution in [0.25, 0.3) is 6.08 Å². The van der Waals surface area contributed by atoms with E-state index in [4.69, 9.17) is 4.74 Å². The van der Waals surface area contributed by atoms with Crippen molar-refractivity contribution in [2.75, 3.05) is 6.61 Å². The summed E-state index contributed by atoms with van der Waals surface area (Å²) in [5.41, 5.74) is 2.81. The van der Waals surface area contributed by atoms with Crippen molar-refractivity contribution in [3.8, 4) is 0 Å². The van der Waals surface area contributed by atoms with Gasteiger partial charge in [0.2, 0.25) is 0 Å². The number of ketones is 1. The minimum absolute atomic E-state index is 0.209. The zero-order chi connectivity index (χ0) is 12.3. The van der Waals surface area contributed by atoms with Crippen LogP contribution < -0.4 is 0 Å². The molecule has 0 bridgehead atoms. The predicted molar refractivity (Wildman–Crippen MR) is 64.8 cm³/mol. The quantitative estimate of drug-likeness (QED) is 0.591. The lowest BCUT2D eigenvalue weighted by Gasteiger charge is -1.99. The van der Waals surface area contributed by atoms with E-state index in [9.17, 15) is 9.59 Å². The highest BCUT2D eigenvalue weighted by atomic mass is 16.5. The Morgan fingerprint density at radius 2 is 2.24 bits per heavy atom. The van der Waals surface area contributed by atoms with Gasteiger partial charge in [-0.15, -0.1) is 0 Å². The second-order valence-electron chi connectivity index (χ2n) is 3.93. The highest BCUT2D eigenvalue weighted by Crippen LogP contribution is 2.23. The molecule has 0 fully saturated rings. The van der Waals surface area contributed by atoms with Crippen molar-refractivity contribution in [1.29, 1.82) is 0 Å². The molecule has 1 aromatic carbocycles. The van der Waals surface area contributed by atoms with Gasteiger partial charge in [0.25, 0.3) is 0 Å². The number of rotatable bonds is 3. The van der Waals surface area contributed by atoms with Gasteiger partial charge in [0.05, 0.1) is 6.61 Å². The number of benzene rings is 1. The van der Waals surface area contributed by atoms with Gasteiger partial charge < -0.3 is 4.74 Å². The molecule has 3 nitrogen and oxygen atoms in total. The van der Waals surface area contributed by atoms with Gasteiger partial charge in [-0.1, -0.05) is 18.2 Å². The molecular weight excluding hydrogens is 216 g/mol. The molecule has 1 aromatic rings. The number of fused-ring (bicyclic) bond motifs is 1. The van der Waals surface area contributed by atoms with Crippen LogP contribution in [0, 0.1) is 0 Å². The summed E-state index contributed by atoms with van der Waals surface area (Å²) in [4.78, 5) is 22.6. The Hall–Kier alpha value is -1.90. The lowest BCUT2D eigenvalue weighted by Crippen LogP contribution is -1.98. The van der Waals surface area contributed by atoms with Crippen molar-refractivity contribution < 1.29 is 14.3 Å². The van der Waals surface area contributed by atoms with Crippen LogP contribution in [0.1, 0.15) is 34.8 Å². The van der Waals surface area contributed by atoms with Gasteiger partial charge in [0.1, 0.15) is 0 Å². The summed E-state index contributed by atoms with van der Waals surface area (Å²) in [7, 11) is 0. The maximum Gasteiger partial charge on any atom is 0.330 e. The van der Waals surface area contributed by atoms with Gasteiger partial charge >= 0.3 is 5.97 Å². The standard InChI is InChI=1S/C14H14O3/c1-2-17-14(16)8-4-10-3-6-12-11(9-10)5-7-13(12)15/h3-4,6,8-9H,2,5,7H2,1H3/b8-4+. The third-order valence-corrected chi connectivity index (χ3v) is 2.75. The first kappa shape index (κ1) is 11.6. The normalized spacial score (nSPS) is 14.1. The van der Waals surface area contributed by atoms with Crippen LogP contribution >= 0.6 is 0 Å². The minimum atomic E-state index is -0.343. The second kappa shape index (κ2) is 4.95. The zero-order valence-electron chi connectivity index (χ0n) is 9.73. The predicted octanol–water partition coefficient (Wildman–Crippen LogP) is 2.39. The number of hydrogen-bond acceptors (Lipinski definition) is 3. The van der Waals surface area contributed by atoms with Crippen LogP contribution in [0.3, 0.4) is 0 Å². The number of ether oxygens (including phenoxy) is 1. The molecule has 88 valence electrons. The summed E-state index contributed by atoms with van der Waals surface area (Å²) in [5.74, 6) is -0.134. The third kappa shape index (κ3) is 2.61. The van der Waals surface area contributed by atoms with Crippen LogP contribution in [0.5, 0.6) is 0 Å². The van der Waals surface area contributed by atoms with Gasteiger partial charge in [-0.3, -0.25) is 4.79 Å².